The molecule has 1 amide bonds. The zero-order valence-electron chi connectivity index (χ0n) is 17.9. The van der Waals surface area contributed by atoms with Crippen LogP contribution in [0.5, 0.6) is 17.2 Å². The highest BCUT2D eigenvalue weighted by Crippen LogP contribution is 2.33. The largest absolute Gasteiger partial charge is 0.495 e. The van der Waals surface area contributed by atoms with Crippen molar-refractivity contribution in [1.29, 1.82) is 0 Å². The number of sulfonamides is 1. The van der Waals surface area contributed by atoms with Gasteiger partial charge in [-0.1, -0.05) is 18.2 Å². The Kier molecular flexibility index (Phi) is 6.10. The molecule has 0 atom stereocenters. The van der Waals surface area contributed by atoms with Gasteiger partial charge in [0.05, 0.1) is 12.8 Å². The molecular formula is C23H21FN2O6S. The number of para-hydroxylation sites is 2. The minimum absolute atomic E-state index is 0.0278. The number of rotatable bonds is 7. The van der Waals surface area contributed by atoms with E-state index in [-0.39, 0.29) is 30.3 Å². The monoisotopic (exact) mass is 472 g/mol. The van der Waals surface area contributed by atoms with Gasteiger partial charge in [-0.15, -0.1) is 0 Å². The molecule has 3 aromatic rings. The van der Waals surface area contributed by atoms with Crippen molar-refractivity contribution >= 4 is 21.6 Å². The maximum absolute atomic E-state index is 14.5. The van der Waals surface area contributed by atoms with E-state index in [1.807, 2.05) is 0 Å². The molecule has 1 heterocycles. The van der Waals surface area contributed by atoms with Gasteiger partial charge in [0.25, 0.3) is 15.9 Å². The molecule has 0 saturated carbocycles. The van der Waals surface area contributed by atoms with Crippen molar-refractivity contribution in [2.45, 2.75) is 11.4 Å². The van der Waals surface area contributed by atoms with Gasteiger partial charge in [0.15, 0.2) is 11.5 Å². The number of halogens is 1. The molecule has 1 aliphatic heterocycles. The van der Waals surface area contributed by atoms with E-state index in [9.17, 15) is 17.6 Å². The van der Waals surface area contributed by atoms with Crippen LogP contribution in [0, 0.1) is 5.82 Å². The van der Waals surface area contributed by atoms with Crippen LogP contribution >= 0.6 is 0 Å². The summed E-state index contributed by atoms with van der Waals surface area (Å²) in [6.45, 7) is 0.373. The lowest BCUT2D eigenvalue weighted by molar-refractivity contribution is 0.0784. The number of methoxy groups -OCH3 is 1. The zero-order chi connectivity index (χ0) is 23.6. The molecule has 1 N–H and O–H groups in total. The van der Waals surface area contributed by atoms with E-state index in [0.29, 0.717) is 11.5 Å². The van der Waals surface area contributed by atoms with Crippen molar-refractivity contribution < 1.29 is 31.8 Å². The summed E-state index contributed by atoms with van der Waals surface area (Å²) in [7, 11) is -1.37. The summed E-state index contributed by atoms with van der Waals surface area (Å²) in [6.07, 6.45) is 0. The van der Waals surface area contributed by atoms with Crippen molar-refractivity contribution in [3.8, 4) is 17.2 Å². The summed E-state index contributed by atoms with van der Waals surface area (Å²) in [5, 5.41) is 0. The molecule has 10 heteroatoms. The number of nitrogens with one attached hydrogen (secondary N) is 1. The van der Waals surface area contributed by atoms with Crippen LogP contribution < -0.4 is 18.9 Å². The molecule has 0 fully saturated rings. The quantitative estimate of drug-likeness (QED) is 0.564. The summed E-state index contributed by atoms with van der Waals surface area (Å²) in [4.78, 5) is 13.7. The Morgan fingerprint density at radius 3 is 2.64 bits per heavy atom. The van der Waals surface area contributed by atoms with Crippen LogP contribution in [0.1, 0.15) is 15.9 Å². The summed E-state index contributed by atoms with van der Waals surface area (Å²) in [6, 6.07) is 14.9. The SMILES string of the molecule is COc1ccccc1NS(=O)(=O)c1cc(C(=O)N(C)Cc2ccc3c(c2)OCO3)ccc1F. The minimum Gasteiger partial charge on any atom is -0.495 e. The second-order valence-electron chi connectivity index (χ2n) is 7.30. The first-order valence-corrected chi connectivity index (χ1v) is 11.4. The normalized spacial score (nSPS) is 12.3. The second kappa shape index (κ2) is 8.99. The lowest BCUT2D eigenvalue weighted by atomic mass is 10.1. The fourth-order valence-corrected chi connectivity index (χ4v) is 4.55. The molecule has 8 nitrogen and oxygen atoms in total. The van der Waals surface area contributed by atoms with Crippen molar-refractivity contribution in [3.63, 3.8) is 0 Å². The predicted octanol–water partition coefficient (Wildman–Crippen LogP) is 3.64. The standard InChI is InChI=1S/C23H21FN2O6S/c1-26(13-15-7-10-20-21(11-15)32-14-31-20)23(27)16-8-9-17(24)22(12-16)33(28,29)25-18-5-3-4-6-19(18)30-2/h3-12,25H,13-14H2,1-2H3. The molecule has 1 aliphatic rings. The summed E-state index contributed by atoms with van der Waals surface area (Å²) in [5.74, 6) is 0.0422. The van der Waals surface area contributed by atoms with Gasteiger partial charge in [-0.2, -0.15) is 0 Å². The zero-order valence-corrected chi connectivity index (χ0v) is 18.7. The lowest BCUT2D eigenvalue weighted by Crippen LogP contribution is -2.26. The van der Waals surface area contributed by atoms with Crippen LogP contribution in [0.2, 0.25) is 0 Å². The van der Waals surface area contributed by atoms with E-state index in [1.54, 1.807) is 43.4 Å². The molecule has 0 saturated heterocycles. The fraction of sp³-hybridized carbons (Fsp3) is 0.174. The Morgan fingerprint density at radius 2 is 1.85 bits per heavy atom. The topological polar surface area (TPSA) is 94.2 Å². The molecule has 0 aliphatic carbocycles. The highest BCUT2D eigenvalue weighted by Gasteiger charge is 2.24. The van der Waals surface area contributed by atoms with Gasteiger partial charge in [0.1, 0.15) is 16.5 Å². The number of benzene rings is 3. The van der Waals surface area contributed by atoms with E-state index in [1.165, 1.54) is 24.1 Å². The second-order valence-corrected chi connectivity index (χ2v) is 8.95. The Hall–Kier alpha value is -3.79. The number of carbonyl (C=O) groups excluding carboxylic acids is 1. The molecule has 3 aromatic carbocycles. The molecule has 4 rings (SSSR count). The van der Waals surface area contributed by atoms with Crippen LogP contribution in [0.4, 0.5) is 10.1 Å². The van der Waals surface area contributed by atoms with Crippen molar-refractivity contribution in [3.05, 3.63) is 77.6 Å². The number of fused-ring (bicyclic) bond motifs is 1. The van der Waals surface area contributed by atoms with Crippen LogP contribution in [0.25, 0.3) is 0 Å². The number of hydrogen-bond donors (Lipinski definition) is 1. The van der Waals surface area contributed by atoms with Gasteiger partial charge in [0.2, 0.25) is 6.79 Å². The van der Waals surface area contributed by atoms with Crippen molar-refractivity contribution in [1.82, 2.24) is 4.90 Å². The predicted molar refractivity (Wildman–Crippen MR) is 119 cm³/mol. The maximum Gasteiger partial charge on any atom is 0.264 e. The number of ether oxygens (including phenoxy) is 3. The molecule has 33 heavy (non-hydrogen) atoms. The third-order valence-corrected chi connectivity index (χ3v) is 6.40. The average molecular weight is 472 g/mol. The third kappa shape index (κ3) is 4.70. The van der Waals surface area contributed by atoms with Crippen LogP contribution in [0.15, 0.2) is 65.6 Å². The first-order chi connectivity index (χ1) is 15.8. The van der Waals surface area contributed by atoms with E-state index < -0.39 is 26.6 Å². The Labute approximate surface area is 190 Å². The summed E-state index contributed by atoms with van der Waals surface area (Å²) < 4.78 is 58.3. The number of nitrogens with zero attached hydrogens (tertiary/aromatic N) is 1. The van der Waals surface area contributed by atoms with Gasteiger partial charge < -0.3 is 19.1 Å². The maximum atomic E-state index is 14.5. The number of carbonyl (C=O) groups is 1. The van der Waals surface area contributed by atoms with Crippen LogP contribution in [0.3, 0.4) is 0 Å². The molecule has 0 bridgehead atoms. The van der Waals surface area contributed by atoms with Gasteiger partial charge in [-0.3, -0.25) is 9.52 Å². The first-order valence-electron chi connectivity index (χ1n) is 9.88. The van der Waals surface area contributed by atoms with Crippen molar-refractivity contribution in [2.75, 3.05) is 25.7 Å². The fourth-order valence-electron chi connectivity index (χ4n) is 3.38. The first kappa shape index (κ1) is 22.4. The molecule has 0 radical (unpaired) electrons. The Morgan fingerprint density at radius 1 is 1.09 bits per heavy atom. The Balaban J connectivity index is 1.56. The number of amides is 1. The van der Waals surface area contributed by atoms with E-state index in [4.69, 9.17) is 14.2 Å². The molecule has 0 aromatic heterocycles. The van der Waals surface area contributed by atoms with E-state index in [2.05, 4.69) is 4.72 Å². The summed E-state index contributed by atoms with van der Waals surface area (Å²) >= 11 is 0. The third-order valence-electron chi connectivity index (χ3n) is 5.02. The minimum atomic E-state index is -4.33. The molecule has 172 valence electrons. The van der Waals surface area contributed by atoms with E-state index >= 15 is 0 Å². The van der Waals surface area contributed by atoms with E-state index in [0.717, 1.165) is 17.7 Å². The molecule has 0 spiro atoms. The molecular weight excluding hydrogens is 451 g/mol. The van der Waals surface area contributed by atoms with Gasteiger partial charge in [-0.25, -0.2) is 12.8 Å². The van der Waals surface area contributed by atoms with Gasteiger partial charge in [-0.05, 0) is 48.0 Å². The summed E-state index contributed by atoms with van der Waals surface area (Å²) in [5.41, 5.74) is 0.971. The van der Waals surface area contributed by atoms with Crippen molar-refractivity contribution in [2.24, 2.45) is 0 Å². The lowest BCUT2D eigenvalue weighted by Gasteiger charge is -2.18. The van der Waals surface area contributed by atoms with Crippen LogP contribution in [-0.2, 0) is 16.6 Å². The number of hydrogen-bond acceptors (Lipinski definition) is 6. The van der Waals surface area contributed by atoms with Gasteiger partial charge >= 0.3 is 0 Å². The highest BCUT2D eigenvalue weighted by molar-refractivity contribution is 7.92. The average Bonchev–Trinajstić information content (AvgIpc) is 3.27. The highest BCUT2D eigenvalue weighted by atomic mass is 32.2. The van der Waals surface area contributed by atoms with Gasteiger partial charge in [0, 0.05) is 19.2 Å². The number of anilines is 1. The molecule has 0 unspecified atom stereocenters. The Bertz CT molecular complexity index is 1310. The smallest absolute Gasteiger partial charge is 0.264 e. The van der Waals surface area contributed by atoms with Crippen LogP contribution in [-0.4, -0.2) is 40.2 Å².